The largest absolute Gasteiger partial charge is 0.357 e. The molecule has 0 atom stereocenters. The van der Waals surface area contributed by atoms with Gasteiger partial charge in [-0.2, -0.15) is 11.8 Å². The summed E-state index contributed by atoms with van der Waals surface area (Å²) in [5, 5.41) is 6.09. The van der Waals surface area contributed by atoms with Crippen LogP contribution >= 0.6 is 23.1 Å². The van der Waals surface area contributed by atoms with E-state index in [0.29, 0.717) is 6.42 Å². The Kier molecular flexibility index (Phi) is 6.09. The Morgan fingerprint density at radius 3 is 2.88 bits per heavy atom. The van der Waals surface area contributed by atoms with Crippen molar-refractivity contribution in [3.63, 3.8) is 0 Å². The van der Waals surface area contributed by atoms with E-state index in [9.17, 15) is 4.79 Å². The lowest BCUT2D eigenvalue weighted by molar-refractivity contribution is -0.115. The van der Waals surface area contributed by atoms with E-state index >= 15 is 0 Å². The Labute approximate surface area is 150 Å². The van der Waals surface area contributed by atoms with Gasteiger partial charge in [0.1, 0.15) is 5.82 Å². The second-order valence-electron chi connectivity index (χ2n) is 5.81. The minimum Gasteiger partial charge on any atom is -0.357 e. The number of carbonyl (C=O) groups is 1. The highest BCUT2D eigenvalue weighted by Gasteiger charge is 2.13. The fourth-order valence-corrected chi connectivity index (χ4v) is 4.18. The van der Waals surface area contributed by atoms with Crippen molar-refractivity contribution in [2.75, 3.05) is 29.1 Å². The number of rotatable bonds is 7. The smallest absolute Gasteiger partial charge is 0.225 e. The quantitative estimate of drug-likeness (QED) is 0.761. The molecule has 1 aliphatic rings. The standard InChI is InChI=1S/C17H22N4OS2/c1-13-19-15(12-24-13)11-23-9-6-17(22)20-14-4-5-16(18-10-14)21-7-2-3-8-21/h4-5,10,12H,2-3,6-9,11H2,1H3,(H,20,22). The topological polar surface area (TPSA) is 58.1 Å². The Hall–Kier alpha value is -1.60. The Bertz CT molecular complexity index is 665. The van der Waals surface area contributed by atoms with E-state index in [-0.39, 0.29) is 5.91 Å². The van der Waals surface area contributed by atoms with E-state index in [2.05, 4.69) is 25.6 Å². The average Bonchev–Trinajstić information content (AvgIpc) is 3.24. The van der Waals surface area contributed by atoms with Gasteiger partial charge in [-0.1, -0.05) is 0 Å². The van der Waals surface area contributed by atoms with Crippen molar-refractivity contribution in [1.29, 1.82) is 0 Å². The van der Waals surface area contributed by atoms with Gasteiger partial charge in [0, 0.05) is 36.4 Å². The average molecular weight is 363 g/mol. The third-order valence-electron chi connectivity index (χ3n) is 3.85. The van der Waals surface area contributed by atoms with Crippen molar-refractivity contribution in [3.05, 3.63) is 34.4 Å². The van der Waals surface area contributed by atoms with Crippen LogP contribution in [0.3, 0.4) is 0 Å². The zero-order valence-corrected chi connectivity index (χ0v) is 15.5. The maximum Gasteiger partial charge on any atom is 0.225 e. The number of aromatic nitrogens is 2. The van der Waals surface area contributed by atoms with Crippen LogP contribution in [-0.2, 0) is 10.5 Å². The molecule has 1 amide bonds. The number of nitrogens with one attached hydrogen (secondary N) is 1. The number of hydrogen-bond donors (Lipinski definition) is 1. The van der Waals surface area contributed by atoms with E-state index in [0.717, 1.165) is 46.8 Å². The van der Waals surface area contributed by atoms with Gasteiger partial charge in [0.15, 0.2) is 0 Å². The monoisotopic (exact) mass is 362 g/mol. The van der Waals surface area contributed by atoms with Crippen molar-refractivity contribution in [2.24, 2.45) is 0 Å². The first-order valence-corrected chi connectivity index (χ1v) is 10.2. The molecule has 24 heavy (non-hydrogen) atoms. The SMILES string of the molecule is Cc1nc(CSCCC(=O)Nc2ccc(N3CCCC3)nc2)cs1. The van der Waals surface area contributed by atoms with Crippen LogP contribution in [0.4, 0.5) is 11.5 Å². The molecule has 0 spiro atoms. The normalized spacial score (nSPS) is 14.1. The van der Waals surface area contributed by atoms with E-state index in [1.54, 1.807) is 29.3 Å². The van der Waals surface area contributed by atoms with Crippen LogP contribution in [-0.4, -0.2) is 34.7 Å². The minimum absolute atomic E-state index is 0.0349. The molecule has 128 valence electrons. The molecule has 2 aromatic heterocycles. The maximum atomic E-state index is 12.0. The van der Waals surface area contributed by atoms with Gasteiger partial charge >= 0.3 is 0 Å². The lowest BCUT2D eigenvalue weighted by atomic mass is 10.3. The third-order valence-corrected chi connectivity index (χ3v) is 5.67. The minimum atomic E-state index is 0.0349. The molecule has 1 fully saturated rings. The van der Waals surface area contributed by atoms with Gasteiger partial charge < -0.3 is 10.2 Å². The molecule has 3 heterocycles. The second-order valence-corrected chi connectivity index (χ2v) is 7.98. The van der Waals surface area contributed by atoms with Crippen molar-refractivity contribution < 1.29 is 4.79 Å². The molecule has 3 rings (SSSR count). The van der Waals surface area contributed by atoms with Gasteiger partial charge in [0.05, 0.1) is 22.6 Å². The van der Waals surface area contributed by atoms with E-state index in [4.69, 9.17) is 0 Å². The van der Waals surface area contributed by atoms with Crippen LogP contribution in [0.15, 0.2) is 23.7 Å². The van der Waals surface area contributed by atoms with E-state index in [1.165, 1.54) is 12.8 Å². The van der Waals surface area contributed by atoms with Gasteiger partial charge in [-0.3, -0.25) is 4.79 Å². The summed E-state index contributed by atoms with van der Waals surface area (Å²) >= 11 is 3.41. The van der Waals surface area contributed by atoms with E-state index in [1.807, 2.05) is 19.1 Å². The highest BCUT2D eigenvalue weighted by Crippen LogP contribution is 2.19. The summed E-state index contributed by atoms with van der Waals surface area (Å²) in [6, 6.07) is 3.92. The molecule has 1 aliphatic heterocycles. The first-order chi connectivity index (χ1) is 11.7. The predicted molar refractivity (Wildman–Crippen MR) is 102 cm³/mol. The van der Waals surface area contributed by atoms with E-state index < -0.39 is 0 Å². The van der Waals surface area contributed by atoms with Gasteiger partial charge in [0.2, 0.25) is 5.91 Å². The number of thiazole rings is 1. The molecule has 2 aromatic rings. The molecule has 0 aliphatic carbocycles. The molecule has 7 heteroatoms. The molecule has 0 radical (unpaired) electrons. The summed E-state index contributed by atoms with van der Waals surface area (Å²) in [5.41, 5.74) is 1.87. The van der Waals surface area contributed by atoms with Crippen LogP contribution in [0.2, 0.25) is 0 Å². The Morgan fingerprint density at radius 2 is 2.21 bits per heavy atom. The predicted octanol–water partition coefficient (Wildman–Crippen LogP) is 3.71. The highest BCUT2D eigenvalue weighted by atomic mass is 32.2. The van der Waals surface area contributed by atoms with Crippen molar-refractivity contribution in [1.82, 2.24) is 9.97 Å². The summed E-state index contributed by atoms with van der Waals surface area (Å²) in [5.74, 6) is 2.69. The summed E-state index contributed by atoms with van der Waals surface area (Å²) in [6.07, 6.45) is 4.72. The molecule has 5 nitrogen and oxygen atoms in total. The van der Waals surface area contributed by atoms with Crippen LogP contribution < -0.4 is 10.2 Å². The molecule has 0 aromatic carbocycles. The third kappa shape index (κ3) is 4.95. The Balaban J connectivity index is 1.38. The summed E-state index contributed by atoms with van der Waals surface area (Å²) < 4.78 is 0. The highest BCUT2D eigenvalue weighted by molar-refractivity contribution is 7.98. The number of nitrogens with zero attached hydrogens (tertiary/aromatic N) is 3. The van der Waals surface area contributed by atoms with Gasteiger partial charge in [-0.25, -0.2) is 9.97 Å². The Morgan fingerprint density at radius 1 is 1.38 bits per heavy atom. The number of pyridine rings is 1. The number of hydrogen-bond acceptors (Lipinski definition) is 6. The molecular formula is C17H22N4OS2. The van der Waals surface area contributed by atoms with Crippen molar-refractivity contribution in [3.8, 4) is 0 Å². The number of carbonyl (C=O) groups excluding carboxylic acids is 1. The number of anilines is 2. The van der Waals surface area contributed by atoms with Crippen molar-refractivity contribution >= 4 is 40.5 Å². The molecule has 1 saturated heterocycles. The van der Waals surface area contributed by atoms with Crippen LogP contribution in [0.1, 0.15) is 30.0 Å². The van der Waals surface area contributed by atoms with Gasteiger partial charge in [-0.15, -0.1) is 11.3 Å². The van der Waals surface area contributed by atoms with Crippen LogP contribution in [0, 0.1) is 6.92 Å². The van der Waals surface area contributed by atoms with Crippen LogP contribution in [0.25, 0.3) is 0 Å². The zero-order chi connectivity index (χ0) is 16.8. The number of aryl methyl sites for hydroxylation is 1. The van der Waals surface area contributed by atoms with Crippen molar-refractivity contribution in [2.45, 2.75) is 31.9 Å². The lowest BCUT2D eigenvalue weighted by Crippen LogP contribution is -2.19. The van der Waals surface area contributed by atoms with Crippen LogP contribution in [0.5, 0.6) is 0 Å². The summed E-state index contributed by atoms with van der Waals surface area (Å²) in [7, 11) is 0. The lowest BCUT2D eigenvalue weighted by Gasteiger charge is -2.16. The first kappa shape index (κ1) is 17.2. The second kappa shape index (κ2) is 8.48. The maximum absolute atomic E-state index is 12.0. The molecular weight excluding hydrogens is 340 g/mol. The first-order valence-electron chi connectivity index (χ1n) is 8.20. The molecule has 1 N–H and O–H groups in total. The number of amides is 1. The number of thioether (sulfide) groups is 1. The summed E-state index contributed by atoms with van der Waals surface area (Å²) in [6.45, 7) is 4.16. The molecule has 0 bridgehead atoms. The fourth-order valence-electron chi connectivity index (χ4n) is 2.63. The van der Waals surface area contributed by atoms with Gasteiger partial charge in [-0.05, 0) is 31.9 Å². The summed E-state index contributed by atoms with van der Waals surface area (Å²) in [4.78, 5) is 23.1. The molecule has 0 unspecified atom stereocenters. The van der Waals surface area contributed by atoms with Gasteiger partial charge in [0.25, 0.3) is 0 Å². The molecule has 0 saturated carbocycles. The zero-order valence-electron chi connectivity index (χ0n) is 13.8. The fraction of sp³-hybridized carbons (Fsp3) is 0.471.